The minimum atomic E-state index is -0.0753. The normalized spacial score (nSPS) is 45.8. The average Bonchev–Trinajstić information content (AvgIpc) is 2.95. The third-order valence-electron chi connectivity index (χ3n) is 10.0. The van der Waals surface area contributed by atoms with Crippen molar-refractivity contribution < 1.29 is 5.11 Å². The highest BCUT2D eigenvalue weighted by Gasteiger charge is 2.58. The van der Waals surface area contributed by atoms with Crippen LogP contribution >= 0.6 is 0 Å². The maximum Gasteiger partial charge on any atom is 0.0577 e. The Kier molecular flexibility index (Phi) is 5.56. The first-order valence-corrected chi connectivity index (χ1v) is 12.5. The number of unbranched alkanes of at least 4 members (excludes halogenated alkanes) is 1. The van der Waals surface area contributed by atoms with Crippen LogP contribution in [0.25, 0.3) is 0 Å². The summed E-state index contributed by atoms with van der Waals surface area (Å²) in [7, 11) is 0. The molecule has 1 nitrogen and oxygen atoms in total. The van der Waals surface area contributed by atoms with Crippen LogP contribution in [0.1, 0.15) is 112 Å². The lowest BCUT2D eigenvalue weighted by Crippen LogP contribution is -2.50. The van der Waals surface area contributed by atoms with Gasteiger partial charge in [0.15, 0.2) is 0 Å². The molecule has 1 heteroatoms. The van der Waals surface area contributed by atoms with Gasteiger partial charge in [0, 0.05) is 0 Å². The van der Waals surface area contributed by atoms with Gasteiger partial charge in [0.2, 0.25) is 0 Å². The van der Waals surface area contributed by atoms with Crippen LogP contribution in [0.2, 0.25) is 0 Å². The molecule has 0 saturated heterocycles. The molecule has 0 amide bonds. The van der Waals surface area contributed by atoms with Gasteiger partial charge in [-0.3, -0.25) is 0 Å². The lowest BCUT2D eigenvalue weighted by molar-refractivity contribution is -0.0509. The second-order valence-electron chi connectivity index (χ2n) is 12.8. The second-order valence-corrected chi connectivity index (χ2v) is 12.8. The molecular weight excluding hydrogens is 340 g/mol. The third-order valence-corrected chi connectivity index (χ3v) is 10.0. The van der Waals surface area contributed by atoms with Gasteiger partial charge >= 0.3 is 0 Å². The Bertz CT molecular complexity index is 598. The number of aliphatic hydroxyl groups excluding tert-OH is 1. The van der Waals surface area contributed by atoms with Crippen molar-refractivity contribution in [3.8, 4) is 0 Å². The predicted octanol–water partition coefficient (Wildman–Crippen LogP) is 7.53. The first kappa shape index (κ1) is 21.0. The van der Waals surface area contributed by atoms with Gasteiger partial charge in [0.05, 0.1) is 6.10 Å². The molecule has 4 rings (SSSR count). The zero-order chi connectivity index (χ0) is 20.2. The van der Waals surface area contributed by atoms with E-state index in [4.69, 9.17) is 0 Å². The van der Waals surface area contributed by atoms with E-state index in [1.807, 2.05) is 0 Å². The molecule has 0 aliphatic heterocycles. The van der Waals surface area contributed by atoms with Crippen molar-refractivity contribution in [3.63, 3.8) is 0 Å². The molecule has 7 unspecified atom stereocenters. The summed E-state index contributed by atoms with van der Waals surface area (Å²) in [5.41, 5.74) is 3.12. The van der Waals surface area contributed by atoms with Gasteiger partial charge in [-0.2, -0.15) is 0 Å². The van der Waals surface area contributed by atoms with Crippen molar-refractivity contribution >= 4 is 0 Å². The Morgan fingerprint density at radius 2 is 1.79 bits per heavy atom. The summed E-state index contributed by atoms with van der Waals surface area (Å²) in [6.07, 6.45) is 18.6. The van der Waals surface area contributed by atoms with E-state index in [1.54, 1.807) is 5.57 Å². The number of allylic oxidation sites excluding steroid dienone is 1. The monoisotopic (exact) mass is 386 g/mol. The van der Waals surface area contributed by atoms with E-state index in [-0.39, 0.29) is 6.10 Å². The smallest absolute Gasteiger partial charge is 0.0577 e. The Hall–Kier alpha value is -0.300. The van der Waals surface area contributed by atoms with E-state index in [0.717, 1.165) is 36.5 Å². The third kappa shape index (κ3) is 3.63. The first-order valence-electron chi connectivity index (χ1n) is 12.5. The molecule has 0 aromatic carbocycles. The number of hydrogen-bond acceptors (Lipinski definition) is 1. The van der Waals surface area contributed by atoms with Crippen molar-refractivity contribution in [2.24, 2.45) is 39.9 Å². The predicted molar refractivity (Wildman–Crippen MR) is 119 cm³/mol. The average molecular weight is 387 g/mol. The number of rotatable bonds is 4. The van der Waals surface area contributed by atoms with Crippen LogP contribution in [-0.4, -0.2) is 11.2 Å². The van der Waals surface area contributed by atoms with E-state index in [2.05, 4.69) is 40.7 Å². The maximum absolute atomic E-state index is 10.2. The summed E-state index contributed by atoms with van der Waals surface area (Å²) < 4.78 is 0. The van der Waals surface area contributed by atoms with Crippen molar-refractivity contribution in [1.29, 1.82) is 0 Å². The molecule has 1 N–H and O–H groups in total. The Morgan fingerprint density at radius 3 is 2.54 bits per heavy atom. The molecule has 3 fully saturated rings. The van der Waals surface area contributed by atoms with Crippen molar-refractivity contribution in [1.82, 2.24) is 0 Å². The Labute approximate surface area is 174 Å². The zero-order valence-electron chi connectivity index (χ0n) is 19.4. The van der Waals surface area contributed by atoms with Gasteiger partial charge in [-0.15, -0.1) is 0 Å². The summed E-state index contributed by atoms with van der Waals surface area (Å²) in [4.78, 5) is 0. The summed E-state index contributed by atoms with van der Waals surface area (Å²) in [6.45, 7) is 12.4. The molecule has 0 bridgehead atoms. The topological polar surface area (TPSA) is 20.2 Å². The zero-order valence-corrected chi connectivity index (χ0v) is 19.4. The summed E-state index contributed by atoms with van der Waals surface area (Å²) in [5.74, 6) is 3.74. The van der Waals surface area contributed by atoms with Crippen LogP contribution in [0.15, 0.2) is 11.6 Å². The Morgan fingerprint density at radius 1 is 1.00 bits per heavy atom. The van der Waals surface area contributed by atoms with Gasteiger partial charge < -0.3 is 5.11 Å². The summed E-state index contributed by atoms with van der Waals surface area (Å²) in [5, 5.41) is 10.2. The fraction of sp³-hybridized carbons (Fsp3) is 0.926. The van der Waals surface area contributed by atoms with E-state index >= 15 is 0 Å². The van der Waals surface area contributed by atoms with Gasteiger partial charge in [0.25, 0.3) is 0 Å². The molecule has 7 atom stereocenters. The van der Waals surface area contributed by atoms with Crippen LogP contribution in [0.3, 0.4) is 0 Å². The van der Waals surface area contributed by atoms with Gasteiger partial charge in [-0.25, -0.2) is 0 Å². The van der Waals surface area contributed by atoms with E-state index in [9.17, 15) is 5.11 Å². The van der Waals surface area contributed by atoms with Crippen molar-refractivity contribution in [2.75, 3.05) is 0 Å². The number of fused-ring (bicyclic) bond motifs is 5. The van der Waals surface area contributed by atoms with E-state index in [1.165, 1.54) is 64.2 Å². The van der Waals surface area contributed by atoms with Crippen LogP contribution in [-0.2, 0) is 0 Å². The highest BCUT2D eigenvalue weighted by atomic mass is 16.3. The minimum Gasteiger partial charge on any atom is -0.393 e. The van der Waals surface area contributed by atoms with Crippen LogP contribution in [0.4, 0.5) is 0 Å². The largest absolute Gasteiger partial charge is 0.393 e. The van der Waals surface area contributed by atoms with Crippen LogP contribution in [0.5, 0.6) is 0 Å². The number of hydrogen-bond donors (Lipinski definition) is 1. The molecule has 0 heterocycles. The molecular formula is C27H46O. The highest BCUT2D eigenvalue weighted by Crippen LogP contribution is 2.66. The van der Waals surface area contributed by atoms with Gasteiger partial charge in [-0.05, 0) is 104 Å². The van der Waals surface area contributed by atoms with Crippen molar-refractivity contribution in [2.45, 2.75) is 118 Å². The number of aliphatic hydroxyl groups is 1. The van der Waals surface area contributed by atoms with Crippen LogP contribution in [0, 0.1) is 39.9 Å². The van der Waals surface area contributed by atoms with E-state index in [0.29, 0.717) is 16.2 Å². The van der Waals surface area contributed by atoms with Gasteiger partial charge in [0.1, 0.15) is 0 Å². The molecule has 3 saturated carbocycles. The molecule has 4 aliphatic rings. The lowest BCUT2D eigenvalue weighted by atomic mass is 9.47. The fourth-order valence-corrected chi connectivity index (χ4v) is 8.27. The molecule has 4 aliphatic carbocycles. The second kappa shape index (κ2) is 7.44. The fourth-order valence-electron chi connectivity index (χ4n) is 8.27. The van der Waals surface area contributed by atoms with E-state index < -0.39 is 0 Å². The quantitative estimate of drug-likeness (QED) is 0.391. The van der Waals surface area contributed by atoms with Crippen LogP contribution < -0.4 is 0 Å². The molecule has 0 radical (unpaired) electrons. The molecule has 0 aromatic rings. The first-order chi connectivity index (χ1) is 13.1. The summed E-state index contributed by atoms with van der Waals surface area (Å²) in [6, 6.07) is 0. The highest BCUT2D eigenvalue weighted by molar-refractivity contribution is 5.25. The lowest BCUT2D eigenvalue weighted by Gasteiger charge is -2.58. The maximum atomic E-state index is 10.2. The molecule has 160 valence electrons. The minimum absolute atomic E-state index is 0.0753. The van der Waals surface area contributed by atoms with Gasteiger partial charge in [-0.1, -0.05) is 59.1 Å². The SMILES string of the molecule is CC(C)(C)CCCCC1CCC2C3CC=C4CC(O)CCC4(C)C3CCC12C. The Balaban J connectivity index is 1.43. The molecule has 0 aromatic heterocycles. The van der Waals surface area contributed by atoms with Crippen molar-refractivity contribution in [3.05, 3.63) is 11.6 Å². The molecule has 0 spiro atoms. The standard InChI is InChI=1S/C27H46O/c1-25(2,3)15-7-6-8-19-10-12-23-22-11-9-20-18-21(28)13-16-27(20,5)24(22)14-17-26(19,23)4/h9,19,21-24,28H,6-8,10-18H2,1-5H3. The molecule has 28 heavy (non-hydrogen) atoms. The summed E-state index contributed by atoms with van der Waals surface area (Å²) >= 11 is 0.